The van der Waals surface area contributed by atoms with Crippen LogP contribution in [0.15, 0.2) is 6.33 Å². The molecule has 0 spiro atoms. The molecule has 1 saturated carbocycles. The molecule has 1 aliphatic carbocycles. The fourth-order valence-electron chi connectivity index (χ4n) is 2.76. The maximum Gasteiger partial charge on any atom is 0.303 e. The lowest BCUT2D eigenvalue weighted by atomic mass is 9.79. The van der Waals surface area contributed by atoms with E-state index in [0.717, 1.165) is 25.7 Å². The van der Waals surface area contributed by atoms with E-state index in [2.05, 4.69) is 20.5 Å². The molecule has 0 aromatic carbocycles. The highest BCUT2D eigenvalue weighted by Gasteiger charge is 2.37. The van der Waals surface area contributed by atoms with Crippen LogP contribution in [0, 0.1) is 5.41 Å². The molecule has 1 amide bonds. The van der Waals surface area contributed by atoms with Gasteiger partial charge in [0.05, 0.1) is 13.0 Å². The standard InChI is InChI=1S/C12H18N4O3/c17-10(13-7-9-14-8-15-16-9)5-12(6-11(18)19)3-1-2-4-12/h8H,1-7H2,(H,13,17)(H,18,19)(H,14,15,16). The van der Waals surface area contributed by atoms with Crippen LogP contribution in [0.25, 0.3) is 0 Å². The Bertz CT molecular complexity index is 438. The molecule has 0 atom stereocenters. The van der Waals surface area contributed by atoms with Crippen molar-refractivity contribution in [2.45, 2.75) is 45.1 Å². The van der Waals surface area contributed by atoms with Gasteiger partial charge in [-0.05, 0) is 18.3 Å². The van der Waals surface area contributed by atoms with Crippen molar-refractivity contribution in [1.82, 2.24) is 20.5 Å². The average Bonchev–Trinajstić information content (AvgIpc) is 2.97. The Morgan fingerprint density at radius 3 is 2.68 bits per heavy atom. The molecule has 1 aliphatic rings. The molecular weight excluding hydrogens is 248 g/mol. The van der Waals surface area contributed by atoms with Crippen LogP contribution in [0.5, 0.6) is 0 Å². The predicted octanol–water partition coefficient (Wildman–Crippen LogP) is 0.846. The van der Waals surface area contributed by atoms with E-state index >= 15 is 0 Å². The van der Waals surface area contributed by atoms with Crippen molar-refractivity contribution in [3.63, 3.8) is 0 Å². The molecule has 7 heteroatoms. The third kappa shape index (κ3) is 3.77. The Labute approximate surface area is 110 Å². The zero-order valence-corrected chi connectivity index (χ0v) is 10.7. The average molecular weight is 266 g/mol. The fraction of sp³-hybridized carbons (Fsp3) is 0.667. The van der Waals surface area contributed by atoms with Gasteiger partial charge >= 0.3 is 5.97 Å². The highest BCUT2D eigenvalue weighted by atomic mass is 16.4. The first-order valence-electron chi connectivity index (χ1n) is 6.42. The highest BCUT2D eigenvalue weighted by molar-refractivity contribution is 5.78. The molecular formula is C12H18N4O3. The number of nitrogens with one attached hydrogen (secondary N) is 2. The normalized spacial score (nSPS) is 17.3. The second-order valence-corrected chi connectivity index (χ2v) is 5.16. The summed E-state index contributed by atoms with van der Waals surface area (Å²) in [4.78, 5) is 26.8. The zero-order valence-electron chi connectivity index (χ0n) is 10.7. The number of hydrogen-bond acceptors (Lipinski definition) is 4. The molecule has 0 unspecified atom stereocenters. The summed E-state index contributed by atoms with van der Waals surface area (Å²) in [6.07, 6.45) is 5.36. The number of carboxylic acid groups (broad SMARTS) is 1. The number of carbonyl (C=O) groups is 2. The lowest BCUT2D eigenvalue weighted by Crippen LogP contribution is -2.32. The summed E-state index contributed by atoms with van der Waals surface area (Å²) in [5.41, 5.74) is -0.364. The summed E-state index contributed by atoms with van der Waals surface area (Å²) in [5.74, 6) is -0.364. The van der Waals surface area contributed by atoms with Crippen molar-refractivity contribution in [2.75, 3.05) is 0 Å². The number of aromatic amines is 1. The molecule has 2 rings (SSSR count). The third-order valence-electron chi connectivity index (χ3n) is 3.64. The van der Waals surface area contributed by atoms with Crippen LogP contribution >= 0.6 is 0 Å². The SMILES string of the molecule is O=C(O)CC1(CC(=O)NCc2ncn[nH]2)CCCC1. The summed E-state index contributed by atoms with van der Waals surface area (Å²) in [6, 6.07) is 0. The maximum absolute atomic E-state index is 11.9. The Morgan fingerprint density at radius 1 is 1.37 bits per heavy atom. The molecule has 7 nitrogen and oxygen atoms in total. The van der Waals surface area contributed by atoms with E-state index in [4.69, 9.17) is 5.11 Å². The van der Waals surface area contributed by atoms with E-state index in [1.807, 2.05) is 0 Å². The van der Waals surface area contributed by atoms with Gasteiger partial charge in [-0.1, -0.05) is 12.8 Å². The zero-order chi connectivity index (χ0) is 13.7. The Balaban J connectivity index is 1.86. The van der Waals surface area contributed by atoms with Gasteiger partial charge in [-0.3, -0.25) is 14.7 Å². The quantitative estimate of drug-likeness (QED) is 0.707. The molecule has 0 bridgehead atoms. The van der Waals surface area contributed by atoms with Gasteiger partial charge in [0.1, 0.15) is 12.2 Å². The highest BCUT2D eigenvalue weighted by Crippen LogP contribution is 2.43. The molecule has 1 fully saturated rings. The van der Waals surface area contributed by atoms with Crippen molar-refractivity contribution < 1.29 is 14.7 Å². The van der Waals surface area contributed by atoms with E-state index in [9.17, 15) is 9.59 Å². The molecule has 1 aromatic rings. The van der Waals surface area contributed by atoms with Gasteiger partial charge < -0.3 is 10.4 Å². The first-order valence-corrected chi connectivity index (χ1v) is 6.42. The minimum absolute atomic E-state index is 0.0722. The summed E-state index contributed by atoms with van der Waals surface area (Å²) in [5, 5.41) is 18.1. The lowest BCUT2D eigenvalue weighted by molar-refractivity contribution is -0.140. The van der Waals surface area contributed by atoms with Crippen molar-refractivity contribution in [1.29, 1.82) is 0 Å². The van der Waals surface area contributed by atoms with Crippen LogP contribution in [0.3, 0.4) is 0 Å². The van der Waals surface area contributed by atoms with E-state index in [0.29, 0.717) is 12.4 Å². The van der Waals surface area contributed by atoms with Gasteiger partial charge in [-0.25, -0.2) is 4.98 Å². The maximum atomic E-state index is 11.9. The molecule has 3 N–H and O–H groups in total. The molecule has 19 heavy (non-hydrogen) atoms. The third-order valence-corrected chi connectivity index (χ3v) is 3.64. The van der Waals surface area contributed by atoms with Crippen LogP contribution < -0.4 is 5.32 Å². The number of amides is 1. The van der Waals surface area contributed by atoms with Crippen LogP contribution in [-0.4, -0.2) is 32.2 Å². The Kier molecular flexibility index (Phi) is 4.13. The number of aromatic nitrogens is 3. The van der Waals surface area contributed by atoms with Gasteiger partial charge in [0.2, 0.25) is 5.91 Å². The van der Waals surface area contributed by atoms with E-state index in [1.165, 1.54) is 6.33 Å². The molecule has 0 aliphatic heterocycles. The summed E-state index contributed by atoms with van der Waals surface area (Å²) < 4.78 is 0. The largest absolute Gasteiger partial charge is 0.481 e. The topological polar surface area (TPSA) is 108 Å². The van der Waals surface area contributed by atoms with Crippen LogP contribution in [0.1, 0.15) is 44.3 Å². The number of aliphatic carboxylic acids is 1. The van der Waals surface area contributed by atoms with Gasteiger partial charge in [0.15, 0.2) is 0 Å². The van der Waals surface area contributed by atoms with Crippen LogP contribution in [-0.2, 0) is 16.1 Å². The van der Waals surface area contributed by atoms with Gasteiger partial charge in [-0.15, -0.1) is 0 Å². The van der Waals surface area contributed by atoms with Crippen LogP contribution in [0.4, 0.5) is 0 Å². The number of H-pyrrole nitrogens is 1. The monoisotopic (exact) mass is 266 g/mol. The van der Waals surface area contributed by atoms with E-state index in [-0.39, 0.29) is 24.2 Å². The second-order valence-electron chi connectivity index (χ2n) is 5.16. The predicted molar refractivity (Wildman–Crippen MR) is 66.0 cm³/mol. The first-order chi connectivity index (χ1) is 9.10. The van der Waals surface area contributed by atoms with Crippen molar-refractivity contribution in [2.24, 2.45) is 5.41 Å². The number of rotatable bonds is 6. The number of carbonyl (C=O) groups excluding carboxylic acids is 1. The van der Waals surface area contributed by atoms with Gasteiger partial charge in [-0.2, -0.15) is 5.10 Å². The van der Waals surface area contributed by atoms with Gasteiger partial charge in [0.25, 0.3) is 0 Å². The fourth-order valence-corrected chi connectivity index (χ4v) is 2.76. The van der Waals surface area contributed by atoms with E-state index < -0.39 is 5.97 Å². The summed E-state index contributed by atoms with van der Waals surface area (Å²) in [7, 11) is 0. The van der Waals surface area contributed by atoms with Crippen molar-refractivity contribution >= 4 is 11.9 Å². The first kappa shape index (κ1) is 13.5. The smallest absolute Gasteiger partial charge is 0.303 e. The number of carboxylic acids is 1. The lowest BCUT2D eigenvalue weighted by Gasteiger charge is -2.26. The number of hydrogen-bond donors (Lipinski definition) is 3. The van der Waals surface area contributed by atoms with E-state index in [1.54, 1.807) is 0 Å². The minimum atomic E-state index is -0.829. The second kappa shape index (κ2) is 5.81. The van der Waals surface area contributed by atoms with Crippen molar-refractivity contribution in [3.05, 3.63) is 12.2 Å². The minimum Gasteiger partial charge on any atom is -0.481 e. The molecule has 1 heterocycles. The molecule has 0 saturated heterocycles. The summed E-state index contributed by atoms with van der Waals surface area (Å²) >= 11 is 0. The molecule has 0 radical (unpaired) electrons. The summed E-state index contributed by atoms with van der Waals surface area (Å²) in [6.45, 7) is 0.294. The van der Waals surface area contributed by atoms with Gasteiger partial charge in [0, 0.05) is 6.42 Å². The number of nitrogens with zero attached hydrogens (tertiary/aromatic N) is 2. The Morgan fingerprint density at radius 2 is 2.11 bits per heavy atom. The molecule has 1 aromatic heterocycles. The molecule has 104 valence electrons. The van der Waals surface area contributed by atoms with Crippen LogP contribution in [0.2, 0.25) is 0 Å². The Hall–Kier alpha value is -1.92. The van der Waals surface area contributed by atoms with Crippen molar-refractivity contribution in [3.8, 4) is 0 Å².